The molecular weight excluding hydrogens is 236 g/mol. The van der Waals surface area contributed by atoms with Crippen LogP contribution in [0.5, 0.6) is 0 Å². The molecule has 0 aromatic heterocycles. The Morgan fingerprint density at radius 2 is 2.12 bits per heavy atom. The van der Waals surface area contributed by atoms with E-state index in [1.807, 2.05) is 11.8 Å². The van der Waals surface area contributed by atoms with Crippen molar-refractivity contribution in [2.75, 3.05) is 0 Å². The van der Waals surface area contributed by atoms with E-state index in [9.17, 15) is 0 Å². The van der Waals surface area contributed by atoms with Gasteiger partial charge in [-0.3, -0.25) is 0 Å². The lowest BCUT2D eigenvalue weighted by atomic mass is 9.89. The quantitative estimate of drug-likeness (QED) is 0.662. The molecule has 16 heavy (non-hydrogen) atoms. The molecule has 84 valence electrons. The summed E-state index contributed by atoms with van der Waals surface area (Å²) >= 11 is 7.30. The summed E-state index contributed by atoms with van der Waals surface area (Å²) in [5.74, 6) is 1.18. The lowest BCUT2D eigenvalue weighted by Crippen LogP contribution is -2.24. The molecule has 1 aliphatic carbocycles. The number of aliphatic imine (C=N–C) groups is 2. The molecule has 2 nitrogen and oxygen atoms in total. The van der Waals surface area contributed by atoms with Crippen LogP contribution in [0.2, 0.25) is 0 Å². The van der Waals surface area contributed by atoms with E-state index in [2.05, 4.69) is 16.9 Å². The summed E-state index contributed by atoms with van der Waals surface area (Å²) in [6.07, 6.45) is 5.92. The smallest absolute Gasteiger partial charge is 0.130 e. The Morgan fingerprint density at radius 1 is 1.31 bits per heavy atom. The molecule has 0 aromatic rings. The first-order valence-corrected chi connectivity index (χ1v) is 7.12. The van der Waals surface area contributed by atoms with Crippen LogP contribution < -0.4 is 0 Å². The summed E-state index contributed by atoms with van der Waals surface area (Å²) < 4.78 is 0. The van der Waals surface area contributed by atoms with E-state index in [1.165, 1.54) is 41.2 Å². The van der Waals surface area contributed by atoms with Crippen molar-refractivity contribution in [3.8, 4) is 0 Å². The molecule has 2 aliphatic heterocycles. The molecule has 0 fully saturated rings. The Balaban J connectivity index is 1.98. The molecule has 0 aromatic carbocycles. The van der Waals surface area contributed by atoms with Crippen LogP contribution in [-0.2, 0) is 0 Å². The maximum atomic E-state index is 5.44. The third kappa shape index (κ3) is 1.59. The standard InChI is InChI=1S/C12H14N2S2/c1-2-9-13-11(15)10-7-5-3-4-6-8(7)16-12(10)14-9/h10H,2-6H2,1H3. The average molecular weight is 250 g/mol. The first kappa shape index (κ1) is 10.7. The monoisotopic (exact) mass is 250 g/mol. The number of allylic oxidation sites excluding steroid dienone is 1. The zero-order valence-corrected chi connectivity index (χ0v) is 11.0. The zero-order chi connectivity index (χ0) is 11.1. The van der Waals surface area contributed by atoms with Gasteiger partial charge in [0.25, 0.3) is 0 Å². The third-order valence-electron chi connectivity index (χ3n) is 3.32. The summed E-state index contributed by atoms with van der Waals surface area (Å²) in [6.45, 7) is 2.08. The van der Waals surface area contributed by atoms with Crippen molar-refractivity contribution in [1.82, 2.24) is 0 Å². The van der Waals surface area contributed by atoms with Crippen LogP contribution in [0.15, 0.2) is 20.5 Å². The highest BCUT2D eigenvalue weighted by Gasteiger charge is 2.38. The number of hydrogen-bond donors (Lipinski definition) is 0. The van der Waals surface area contributed by atoms with Gasteiger partial charge in [-0.2, -0.15) is 0 Å². The fourth-order valence-corrected chi connectivity index (χ4v) is 4.31. The van der Waals surface area contributed by atoms with Crippen molar-refractivity contribution >= 4 is 39.8 Å². The summed E-state index contributed by atoms with van der Waals surface area (Å²) in [7, 11) is 0. The van der Waals surface area contributed by atoms with Gasteiger partial charge in [-0.25, -0.2) is 9.98 Å². The molecule has 0 bridgehead atoms. The Morgan fingerprint density at radius 3 is 2.94 bits per heavy atom. The predicted octanol–water partition coefficient (Wildman–Crippen LogP) is 3.73. The van der Waals surface area contributed by atoms with Gasteiger partial charge in [0, 0.05) is 6.42 Å². The minimum Gasteiger partial charge on any atom is -0.230 e. The minimum atomic E-state index is 0.269. The number of rotatable bonds is 1. The molecule has 3 aliphatic rings. The second kappa shape index (κ2) is 4.08. The molecule has 0 amide bonds. The van der Waals surface area contributed by atoms with Gasteiger partial charge in [0.15, 0.2) is 0 Å². The van der Waals surface area contributed by atoms with E-state index in [1.54, 1.807) is 0 Å². The number of fused-ring (bicyclic) bond motifs is 2. The van der Waals surface area contributed by atoms with Crippen molar-refractivity contribution in [2.45, 2.75) is 39.0 Å². The topological polar surface area (TPSA) is 24.7 Å². The molecule has 0 saturated heterocycles. The molecule has 2 heterocycles. The lowest BCUT2D eigenvalue weighted by Gasteiger charge is -2.19. The first-order chi connectivity index (χ1) is 7.79. The highest BCUT2D eigenvalue weighted by atomic mass is 32.2. The lowest BCUT2D eigenvalue weighted by molar-refractivity contribution is 0.678. The summed E-state index contributed by atoms with van der Waals surface area (Å²) in [6, 6.07) is 0. The predicted molar refractivity (Wildman–Crippen MR) is 74.3 cm³/mol. The SMILES string of the molecule is CCC1=NC(=S)C2C(=N1)SC1=C2CCCC1. The molecule has 3 rings (SSSR count). The fourth-order valence-electron chi connectivity index (χ4n) is 2.50. The zero-order valence-electron chi connectivity index (χ0n) is 9.32. The van der Waals surface area contributed by atoms with Crippen LogP contribution in [0.25, 0.3) is 0 Å². The highest BCUT2D eigenvalue weighted by molar-refractivity contribution is 8.17. The maximum Gasteiger partial charge on any atom is 0.130 e. The Labute approximate surface area is 105 Å². The van der Waals surface area contributed by atoms with Gasteiger partial charge >= 0.3 is 0 Å². The van der Waals surface area contributed by atoms with E-state index >= 15 is 0 Å². The largest absolute Gasteiger partial charge is 0.230 e. The molecule has 0 spiro atoms. The Bertz CT molecular complexity index is 446. The van der Waals surface area contributed by atoms with E-state index in [0.29, 0.717) is 0 Å². The minimum absolute atomic E-state index is 0.269. The first-order valence-electron chi connectivity index (χ1n) is 5.89. The number of thiocarbonyl (C=S) groups is 1. The molecule has 1 atom stereocenters. The van der Waals surface area contributed by atoms with Crippen molar-refractivity contribution in [1.29, 1.82) is 0 Å². The van der Waals surface area contributed by atoms with Gasteiger partial charge in [0.2, 0.25) is 0 Å². The van der Waals surface area contributed by atoms with Gasteiger partial charge in [-0.1, -0.05) is 30.9 Å². The molecule has 1 unspecified atom stereocenters. The molecule has 0 N–H and O–H groups in total. The van der Waals surface area contributed by atoms with Crippen LogP contribution in [0, 0.1) is 5.92 Å². The molecule has 0 saturated carbocycles. The van der Waals surface area contributed by atoms with E-state index < -0.39 is 0 Å². The highest BCUT2D eigenvalue weighted by Crippen LogP contribution is 2.47. The number of thioether (sulfide) groups is 1. The van der Waals surface area contributed by atoms with Crippen molar-refractivity contribution in [2.24, 2.45) is 15.9 Å². The number of hydrogen-bond acceptors (Lipinski definition) is 3. The van der Waals surface area contributed by atoms with Gasteiger partial charge in [0.1, 0.15) is 10.8 Å². The van der Waals surface area contributed by atoms with Crippen LogP contribution in [-0.4, -0.2) is 15.9 Å². The molecular formula is C12H14N2S2. The molecule has 4 heteroatoms. The fraction of sp³-hybridized carbons (Fsp3) is 0.583. The third-order valence-corrected chi connectivity index (χ3v) is 4.90. The maximum absolute atomic E-state index is 5.44. The van der Waals surface area contributed by atoms with E-state index in [0.717, 1.165) is 17.2 Å². The van der Waals surface area contributed by atoms with Gasteiger partial charge in [-0.15, -0.1) is 0 Å². The summed E-state index contributed by atoms with van der Waals surface area (Å²) in [5.41, 5.74) is 1.53. The van der Waals surface area contributed by atoms with Crippen LogP contribution in [0.4, 0.5) is 0 Å². The average Bonchev–Trinajstić information content (AvgIpc) is 2.67. The van der Waals surface area contributed by atoms with Crippen molar-refractivity contribution in [3.63, 3.8) is 0 Å². The summed E-state index contributed by atoms with van der Waals surface area (Å²) in [4.78, 5) is 11.5. The van der Waals surface area contributed by atoms with Crippen molar-refractivity contribution < 1.29 is 0 Å². The van der Waals surface area contributed by atoms with Crippen LogP contribution >= 0.6 is 24.0 Å². The summed E-state index contributed by atoms with van der Waals surface area (Å²) in [5, 5.41) is 1.20. The van der Waals surface area contributed by atoms with E-state index in [-0.39, 0.29) is 5.92 Å². The van der Waals surface area contributed by atoms with Gasteiger partial charge < -0.3 is 0 Å². The normalized spacial score (nSPS) is 28.6. The van der Waals surface area contributed by atoms with Gasteiger partial charge in [0.05, 0.1) is 11.0 Å². The second-order valence-corrected chi connectivity index (χ2v) is 5.89. The van der Waals surface area contributed by atoms with Gasteiger partial charge in [-0.05, 0) is 36.2 Å². The Hall–Kier alpha value is -0.480. The second-order valence-electron chi connectivity index (χ2n) is 4.36. The van der Waals surface area contributed by atoms with Crippen LogP contribution in [0.1, 0.15) is 39.0 Å². The van der Waals surface area contributed by atoms with E-state index in [4.69, 9.17) is 12.2 Å². The number of nitrogens with zero attached hydrogens (tertiary/aromatic N) is 2. The van der Waals surface area contributed by atoms with Crippen LogP contribution in [0.3, 0.4) is 0 Å². The van der Waals surface area contributed by atoms with Crippen molar-refractivity contribution in [3.05, 3.63) is 10.5 Å². The number of amidine groups is 1. The molecule has 0 radical (unpaired) electrons. The Kier molecular flexibility index (Phi) is 2.72.